The van der Waals surface area contributed by atoms with Crippen molar-refractivity contribution < 1.29 is 9.47 Å². The van der Waals surface area contributed by atoms with Crippen molar-refractivity contribution >= 4 is 11.6 Å². The van der Waals surface area contributed by atoms with Crippen LogP contribution >= 0.6 is 11.6 Å². The van der Waals surface area contributed by atoms with Crippen molar-refractivity contribution in [2.45, 2.75) is 82.5 Å². The van der Waals surface area contributed by atoms with E-state index >= 15 is 0 Å². The third kappa shape index (κ3) is 2.69. The fourth-order valence-electron chi connectivity index (χ4n) is 4.37. The van der Waals surface area contributed by atoms with Gasteiger partial charge < -0.3 is 9.47 Å². The van der Waals surface area contributed by atoms with Gasteiger partial charge in [-0.2, -0.15) is 0 Å². The summed E-state index contributed by atoms with van der Waals surface area (Å²) in [5.74, 6) is 0.709. The number of alkyl halides is 1. The Morgan fingerprint density at radius 2 is 1.89 bits per heavy atom. The van der Waals surface area contributed by atoms with Crippen LogP contribution < -0.4 is 0 Å². The Labute approximate surface area is 122 Å². The molecule has 110 valence electrons. The quantitative estimate of drug-likeness (QED) is 0.721. The lowest BCUT2D eigenvalue weighted by atomic mass is 9.78. The Balaban J connectivity index is 1.62. The molecule has 1 spiro atoms. The zero-order valence-corrected chi connectivity index (χ0v) is 12.9. The third-order valence-electron chi connectivity index (χ3n) is 5.83. The number of hydrogen-bond donors (Lipinski definition) is 0. The van der Waals surface area contributed by atoms with Gasteiger partial charge in [-0.25, -0.2) is 0 Å². The van der Waals surface area contributed by atoms with Gasteiger partial charge >= 0.3 is 0 Å². The number of hydrogen-bond acceptors (Lipinski definition) is 2. The van der Waals surface area contributed by atoms with Crippen LogP contribution in [0.2, 0.25) is 0 Å². The molecule has 3 unspecified atom stereocenters. The Kier molecular flexibility index (Phi) is 4.13. The van der Waals surface area contributed by atoms with Crippen LogP contribution in [0.3, 0.4) is 0 Å². The molecule has 1 aliphatic carbocycles. The summed E-state index contributed by atoms with van der Waals surface area (Å²) >= 11 is 6.28. The van der Waals surface area contributed by atoms with Gasteiger partial charge in [-0.3, -0.25) is 0 Å². The molecule has 3 atom stereocenters. The lowest BCUT2D eigenvalue weighted by Gasteiger charge is -2.36. The van der Waals surface area contributed by atoms with Gasteiger partial charge in [0, 0.05) is 17.9 Å². The summed E-state index contributed by atoms with van der Waals surface area (Å²) in [6, 6.07) is 0. The van der Waals surface area contributed by atoms with Crippen LogP contribution in [-0.4, -0.2) is 30.3 Å². The molecular formula is C16H27ClO2. The van der Waals surface area contributed by atoms with Crippen LogP contribution in [0.25, 0.3) is 0 Å². The summed E-state index contributed by atoms with van der Waals surface area (Å²) < 4.78 is 12.3. The molecule has 2 aliphatic heterocycles. The fraction of sp³-hybridized carbons (Fsp3) is 1.00. The summed E-state index contributed by atoms with van der Waals surface area (Å²) in [5.41, 5.74) is 0.394. The second-order valence-corrected chi connectivity index (χ2v) is 7.25. The van der Waals surface area contributed by atoms with Crippen molar-refractivity contribution in [2.75, 3.05) is 12.5 Å². The van der Waals surface area contributed by atoms with Crippen molar-refractivity contribution in [3.05, 3.63) is 0 Å². The monoisotopic (exact) mass is 286 g/mol. The smallest absolute Gasteiger partial charge is 0.0687 e. The molecule has 3 aliphatic rings. The van der Waals surface area contributed by atoms with Crippen molar-refractivity contribution in [2.24, 2.45) is 5.41 Å². The van der Waals surface area contributed by atoms with Crippen LogP contribution in [0, 0.1) is 5.41 Å². The lowest BCUT2D eigenvalue weighted by molar-refractivity contribution is -0.0800. The maximum Gasteiger partial charge on any atom is 0.0687 e. The van der Waals surface area contributed by atoms with Crippen molar-refractivity contribution in [1.29, 1.82) is 0 Å². The minimum absolute atomic E-state index is 0.159. The zero-order chi connectivity index (χ0) is 13.3. The summed E-state index contributed by atoms with van der Waals surface area (Å²) in [4.78, 5) is 0. The third-order valence-corrected chi connectivity index (χ3v) is 6.37. The summed E-state index contributed by atoms with van der Waals surface area (Å²) in [6.07, 6.45) is 12.1. The molecule has 0 aromatic heterocycles. The first-order valence-corrected chi connectivity index (χ1v) is 8.57. The number of rotatable bonds is 3. The Bertz CT molecular complexity index is 314. The van der Waals surface area contributed by atoms with E-state index < -0.39 is 0 Å². The first-order valence-electron chi connectivity index (χ1n) is 8.04. The number of ether oxygens (including phenoxy) is 2. The minimum Gasteiger partial charge on any atom is -0.378 e. The molecule has 2 nitrogen and oxygen atoms in total. The summed E-state index contributed by atoms with van der Waals surface area (Å²) in [7, 11) is 0. The summed E-state index contributed by atoms with van der Waals surface area (Å²) in [5, 5.41) is 0. The van der Waals surface area contributed by atoms with Crippen LogP contribution in [0.4, 0.5) is 0 Å². The van der Waals surface area contributed by atoms with E-state index in [2.05, 4.69) is 6.92 Å². The minimum atomic E-state index is 0.159. The standard InChI is InChI=1S/C16H27ClO2/c1-13-15(12-17,9-10-18-13)11-14-5-8-16(19-14)6-3-2-4-7-16/h13-14H,2-12H2,1H3. The van der Waals surface area contributed by atoms with Gasteiger partial charge in [-0.05, 0) is 45.4 Å². The molecule has 2 heterocycles. The normalized spacial score (nSPS) is 42.0. The van der Waals surface area contributed by atoms with Gasteiger partial charge in [0.05, 0.1) is 17.8 Å². The van der Waals surface area contributed by atoms with Crippen molar-refractivity contribution in [3.63, 3.8) is 0 Å². The molecule has 0 amide bonds. The fourth-order valence-corrected chi connectivity index (χ4v) is 4.83. The Morgan fingerprint density at radius 3 is 2.53 bits per heavy atom. The molecule has 0 aromatic rings. The molecule has 2 saturated heterocycles. The lowest BCUT2D eigenvalue weighted by Crippen LogP contribution is -2.37. The van der Waals surface area contributed by atoms with Gasteiger partial charge in [-0.15, -0.1) is 11.6 Å². The predicted molar refractivity (Wildman–Crippen MR) is 77.7 cm³/mol. The number of halogens is 1. The van der Waals surface area contributed by atoms with E-state index in [-0.39, 0.29) is 17.1 Å². The molecule has 19 heavy (non-hydrogen) atoms. The predicted octanol–water partition coefficient (Wildman–Crippen LogP) is 4.29. The second kappa shape index (κ2) is 5.54. The van der Waals surface area contributed by atoms with Gasteiger partial charge in [0.15, 0.2) is 0 Å². The maximum atomic E-state index is 6.51. The van der Waals surface area contributed by atoms with E-state index in [1.165, 1.54) is 44.9 Å². The highest BCUT2D eigenvalue weighted by molar-refractivity contribution is 6.18. The van der Waals surface area contributed by atoms with Crippen LogP contribution in [0.5, 0.6) is 0 Å². The first-order chi connectivity index (χ1) is 9.18. The molecule has 1 saturated carbocycles. The molecule has 0 bridgehead atoms. The van der Waals surface area contributed by atoms with Crippen LogP contribution in [-0.2, 0) is 9.47 Å². The van der Waals surface area contributed by atoms with E-state index in [9.17, 15) is 0 Å². The first kappa shape index (κ1) is 14.2. The maximum absolute atomic E-state index is 6.51. The molecule has 3 rings (SSSR count). The van der Waals surface area contributed by atoms with E-state index in [4.69, 9.17) is 21.1 Å². The highest BCUT2D eigenvalue weighted by Crippen LogP contribution is 2.47. The summed E-state index contributed by atoms with van der Waals surface area (Å²) in [6.45, 7) is 3.05. The van der Waals surface area contributed by atoms with Crippen molar-refractivity contribution in [3.8, 4) is 0 Å². The largest absolute Gasteiger partial charge is 0.378 e. The van der Waals surface area contributed by atoms with E-state index in [0.29, 0.717) is 12.0 Å². The topological polar surface area (TPSA) is 18.5 Å². The molecule has 0 radical (unpaired) electrons. The second-order valence-electron chi connectivity index (χ2n) is 6.99. The highest BCUT2D eigenvalue weighted by atomic mass is 35.5. The van der Waals surface area contributed by atoms with E-state index in [0.717, 1.165) is 19.4 Å². The van der Waals surface area contributed by atoms with E-state index in [1.807, 2.05) is 0 Å². The average Bonchev–Trinajstić information content (AvgIpc) is 2.97. The highest BCUT2D eigenvalue weighted by Gasteiger charge is 2.47. The van der Waals surface area contributed by atoms with Gasteiger partial charge in [-0.1, -0.05) is 19.3 Å². The van der Waals surface area contributed by atoms with Crippen molar-refractivity contribution in [1.82, 2.24) is 0 Å². The molecule has 0 aromatic carbocycles. The molecule has 3 fully saturated rings. The average molecular weight is 287 g/mol. The van der Waals surface area contributed by atoms with Crippen LogP contribution in [0.1, 0.15) is 64.7 Å². The molecule has 0 N–H and O–H groups in total. The SMILES string of the molecule is CC1OCCC1(CCl)CC1CCC2(CCCCC2)O1. The Morgan fingerprint density at radius 1 is 1.11 bits per heavy atom. The Hall–Kier alpha value is 0.210. The van der Waals surface area contributed by atoms with Gasteiger partial charge in [0.2, 0.25) is 0 Å². The van der Waals surface area contributed by atoms with E-state index in [1.54, 1.807) is 0 Å². The molecular weight excluding hydrogens is 260 g/mol. The van der Waals surface area contributed by atoms with Gasteiger partial charge in [0.1, 0.15) is 0 Å². The van der Waals surface area contributed by atoms with Crippen LogP contribution in [0.15, 0.2) is 0 Å². The molecule has 3 heteroatoms. The zero-order valence-electron chi connectivity index (χ0n) is 12.1. The van der Waals surface area contributed by atoms with Gasteiger partial charge in [0.25, 0.3) is 0 Å².